The minimum absolute atomic E-state index is 0.0109. The lowest BCUT2D eigenvalue weighted by Gasteiger charge is -2.33. The van der Waals surface area contributed by atoms with E-state index in [9.17, 15) is 26.7 Å². The molecule has 1 amide bonds. The maximum absolute atomic E-state index is 13.4. The number of carbonyl (C=O) groups excluding carboxylic acids is 1. The number of carbonyl (C=O) groups is 1. The Bertz CT molecular complexity index is 1650. The molecule has 0 spiro atoms. The first-order valence-corrected chi connectivity index (χ1v) is 16.4. The van der Waals surface area contributed by atoms with E-state index in [-0.39, 0.29) is 53.6 Å². The highest BCUT2D eigenvalue weighted by atomic mass is 35.5. The molecule has 15 heteroatoms. The van der Waals surface area contributed by atoms with Gasteiger partial charge >= 0.3 is 0 Å². The van der Waals surface area contributed by atoms with Crippen molar-refractivity contribution in [2.45, 2.75) is 42.3 Å². The maximum atomic E-state index is 13.4. The number of hydrogen-bond acceptors (Lipinski definition) is 8. The molecular formula is C27H34ClN5O7S2. The van der Waals surface area contributed by atoms with Gasteiger partial charge in [-0.3, -0.25) is 9.52 Å². The van der Waals surface area contributed by atoms with Crippen LogP contribution in [0.15, 0.2) is 64.9 Å². The summed E-state index contributed by atoms with van der Waals surface area (Å²) in [4.78, 5) is 19.0. The van der Waals surface area contributed by atoms with Crippen molar-refractivity contribution in [2.75, 3.05) is 31.5 Å². The lowest BCUT2D eigenvalue weighted by atomic mass is 10.0. The summed E-state index contributed by atoms with van der Waals surface area (Å²) in [5.41, 5.74) is 0.612. The third-order valence-corrected chi connectivity index (χ3v) is 10.4. The Balaban J connectivity index is 1.68. The van der Waals surface area contributed by atoms with E-state index in [2.05, 4.69) is 9.71 Å². The first kappa shape index (κ1) is 31.8. The molecule has 0 saturated carbocycles. The summed E-state index contributed by atoms with van der Waals surface area (Å²) < 4.78 is 63.9. The van der Waals surface area contributed by atoms with Crippen molar-refractivity contribution < 1.29 is 31.5 Å². The number of imidazole rings is 1. The van der Waals surface area contributed by atoms with E-state index in [0.717, 1.165) is 4.31 Å². The van der Waals surface area contributed by atoms with Crippen LogP contribution >= 0.6 is 11.6 Å². The highest BCUT2D eigenvalue weighted by molar-refractivity contribution is 7.92. The molecular weight excluding hydrogens is 606 g/mol. The van der Waals surface area contributed by atoms with Gasteiger partial charge in [-0.2, -0.15) is 4.31 Å². The highest BCUT2D eigenvalue weighted by Crippen LogP contribution is 2.30. The van der Waals surface area contributed by atoms with Gasteiger partial charge in [0.15, 0.2) is 5.03 Å². The Morgan fingerprint density at radius 3 is 2.50 bits per heavy atom. The van der Waals surface area contributed by atoms with Gasteiger partial charge in [0.05, 0.1) is 36.8 Å². The normalized spacial score (nSPS) is 18.9. The van der Waals surface area contributed by atoms with Crippen molar-refractivity contribution in [3.05, 3.63) is 65.6 Å². The zero-order valence-electron chi connectivity index (χ0n) is 23.6. The number of amides is 1. The number of ether oxygens (including phenoxy) is 1. The predicted molar refractivity (Wildman–Crippen MR) is 157 cm³/mol. The first-order valence-electron chi connectivity index (χ1n) is 13.1. The summed E-state index contributed by atoms with van der Waals surface area (Å²) in [7, 11) is -4.79. The minimum atomic E-state index is -3.96. The number of halogens is 1. The minimum Gasteiger partial charge on any atom is -0.488 e. The Morgan fingerprint density at radius 2 is 1.88 bits per heavy atom. The molecule has 0 fully saturated rings. The molecule has 3 atom stereocenters. The monoisotopic (exact) mass is 639 g/mol. The molecule has 0 aliphatic carbocycles. The summed E-state index contributed by atoms with van der Waals surface area (Å²) in [6.07, 6.45) is 1.97. The maximum Gasteiger partial charge on any atom is 0.261 e. The van der Waals surface area contributed by atoms with Gasteiger partial charge in [-0.25, -0.2) is 21.8 Å². The molecule has 1 aliphatic rings. The summed E-state index contributed by atoms with van der Waals surface area (Å²) in [6, 6.07) is 9.77. The van der Waals surface area contributed by atoms with E-state index in [0.29, 0.717) is 16.3 Å². The van der Waals surface area contributed by atoms with Crippen molar-refractivity contribution in [3.8, 4) is 5.75 Å². The number of aryl methyl sites for hydroxylation is 1. The van der Waals surface area contributed by atoms with Crippen molar-refractivity contribution in [1.82, 2.24) is 18.8 Å². The smallest absolute Gasteiger partial charge is 0.261 e. The molecule has 0 unspecified atom stereocenters. The van der Waals surface area contributed by atoms with Crippen molar-refractivity contribution in [1.29, 1.82) is 0 Å². The molecule has 1 aliphatic heterocycles. The predicted octanol–water partition coefficient (Wildman–Crippen LogP) is 2.34. The number of rotatable bonds is 9. The number of aliphatic hydroxyl groups excluding tert-OH is 1. The number of anilines is 1. The van der Waals surface area contributed by atoms with Crippen molar-refractivity contribution in [3.63, 3.8) is 0 Å². The van der Waals surface area contributed by atoms with Gasteiger partial charge < -0.3 is 19.3 Å². The van der Waals surface area contributed by atoms with Crippen LogP contribution in [0.5, 0.6) is 5.75 Å². The van der Waals surface area contributed by atoms with E-state index in [4.69, 9.17) is 16.3 Å². The van der Waals surface area contributed by atoms with Crippen LogP contribution in [0.1, 0.15) is 19.4 Å². The topological polar surface area (TPSA) is 151 Å². The summed E-state index contributed by atoms with van der Waals surface area (Å²) in [6.45, 7) is 3.43. The lowest BCUT2D eigenvalue weighted by molar-refractivity contribution is -0.134. The quantitative estimate of drug-likeness (QED) is 0.362. The van der Waals surface area contributed by atoms with Crippen molar-refractivity contribution in [2.24, 2.45) is 13.0 Å². The standard InChI is InChI=1S/C27H34ClN5O7S2/c1-18-13-33(19(2)16-34)27(35)12-20-11-22(30-41(36,37)23-8-5-21(28)6-9-23)7-10-24(20)40-25(18)14-32(4)42(38,39)26-15-31(3)17-29-26/h5-11,15,17-19,25,30,34H,12-14,16H2,1-4H3/t18-,19+,25-/m1/s1. The summed E-state index contributed by atoms with van der Waals surface area (Å²) >= 11 is 5.89. The van der Waals surface area contributed by atoms with Gasteiger partial charge in [-0.05, 0) is 49.4 Å². The molecule has 2 aromatic carbocycles. The van der Waals surface area contributed by atoms with Gasteiger partial charge in [0.1, 0.15) is 11.9 Å². The molecule has 4 rings (SSSR count). The molecule has 0 radical (unpaired) electrons. The highest BCUT2D eigenvalue weighted by Gasteiger charge is 2.34. The number of benzene rings is 2. The number of fused-ring (bicyclic) bond motifs is 1. The molecule has 12 nitrogen and oxygen atoms in total. The Labute approximate surface area is 251 Å². The fraction of sp³-hybridized carbons (Fsp3) is 0.407. The third-order valence-electron chi connectivity index (χ3n) is 7.09. The van der Waals surface area contributed by atoms with Crippen LogP contribution in [0, 0.1) is 5.92 Å². The molecule has 0 saturated heterocycles. The average molecular weight is 640 g/mol. The number of nitrogens with zero attached hydrogens (tertiary/aromatic N) is 4. The molecule has 0 bridgehead atoms. The van der Waals surface area contributed by atoms with Crippen LogP contribution in [-0.4, -0.2) is 85.5 Å². The zero-order valence-corrected chi connectivity index (χ0v) is 26.0. The Hall–Kier alpha value is -3.17. The molecule has 228 valence electrons. The van der Waals surface area contributed by atoms with Gasteiger partial charge in [0.25, 0.3) is 20.0 Å². The van der Waals surface area contributed by atoms with Crippen LogP contribution in [-0.2, 0) is 38.3 Å². The van der Waals surface area contributed by atoms with Crippen LogP contribution in [0.2, 0.25) is 5.02 Å². The van der Waals surface area contributed by atoms with Gasteiger partial charge in [-0.15, -0.1) is 0 Å². The van der Waals surface area contributed by atoms with E-state index < -0.39 is 32.2 Å². The number of sulfonamides is 2. The summed E-state index contributed by atoms with van der Waals surface area (Å²) in [5, 5.41) is 10.1. The number of nitrogens with one attached hydrogen (secondary N) is 1. The van der Waals surface area contributed by atoms with Crippen LogP contribution in [0.4, 0.5) is 5.69 Å². The van der Waals surface area contributed by atoms with Gasteiger partial charge in [-0.1, -0.05) is 18.5 Å². The fourth-order valence-electron chi connectivity index (χ4n) is 4.57. The number of aliphatic hydroxyl groups is 1. The second-order valence-corrected chi connectivity index (χ2v) is 14.5. The van der Waals surface area contributed by atoms with Crippen LogP contribution < -0.4 is 9.46 Å². The molecule has 1 aromatic heterocycles. The number of likely N-dealkylation sites (N-methyl/N-ethyl adjacent to an activating group) is 1. The molecule has 2 N–H and O–H groups in total. The van der Waals surface area contributed by atoms with Gasteiger partial charge in [0.2, 0.25) is 5.91 Å². The van der Waals surface area contributed by atoms with Crippen LogP contribution in [0.25, 0.3) is 0 Å². The van der Waals surface area contributed by atoms with Crippen LogP contribution in [0.3, 0.4) is 0 Å². The Kier molecular flexibility index (Phi) is 9.52. The number of hydrogen-bond donors (Lipinski definition) is 2. The SMILES string of the molecule is C[C@@H]1CN([C@@H](C)CO)C(=O)Cc2cc(NS(=O)(=O)c3ccc(Cl)cc3)ccc2O[C@@H]1CN(C)S(=O)(=O)c1cn(C)cn1. The second-order valence-electron chi connectivity index (χ2n) is 10.4. The molecule has 2 heterocycles. The molecule has 3 aromatic rings. The average Bonchev–Trinajstić information content (AvgIpc) is 3.39. The van der Waals surface area contributed by atoms with Crippen molar-refractivity contribution >= 4 is 43.2 Å². The lowest BCUT2D eigenvalue weighted by Crippen LogP contribution is -2.48. The second kappa shape index (κ2) is 12.6. The van der Waals surface area contributed by atoms with E-state index >= 15 is 0 Å². The zero-order chi connectivity index (χ0) is 30.8. The third kappa shape index (κ3) is 7.06. The van der Waals surface area contributed by atoms with Gasteiger partial charge in [0, 0.05) is 49.0 Å². The van der Waals surface area contributed by atoms with E-state index in [1.54, 1.807) is 20.0 Å². The first-order chi connectivity index (χ1) is 19.7. The Morgan fingerprint density at radius 1 is 1.19 bits per heavy atom. The fourth-order valence-corrected chi connectivity index (χ4v) is 6.89. The van der Waals surface area contributed by atoms with E-state index in [1.807, 2.05) is 6.92 Å². The van der Waals surface area contributed by atoms with E-state index in [1.165, 1.54) is 65.4 Å². The largest absolute Gasteiger partial charge is 0.488 e. The summed E-state index contributed by atoms with van der Waals surface area (Å²) in [5.74, 6) is -0.323. The molecule has 42 heavy (non-hydrogen) atoms. The number of aromatic nitrogens is 2.